The van der Waals surface area contributed by atoms with E-state index in [1.807, 2.05) is 37.3 Å². The monoisotopic (exact) mass is 376 g/mol. The van der Waals surface area contributed by atoms with Crippen molar-refractivity contribution in [3.8, 4) is 23.0 Å². The molecule has 28 heavy (non-hydrogen) atoms. The highest BCUT2D eigenvalue weighted by molar-refractivity contribution is 5.70. The molecule has 0 bridgehead atoms. The van der Waals surface area contributed by atoms with E-state index in [4.69, 9.17) is 8.94 Å². The minimum Gasteiger partial charge on any atom is -0.461 e. The lowest BCUT2D eigenvalue weighted by atomic mass is 10.1. The summed E-state index contributed by atoms with van der Waals surface area (Å²) in [4.78, 5) is 15.4. The molecule has 0 unspecified atom stereocenters. The zero-order valence-corrected chi connectivity index (χ0v) is 14.9. The molecule has 140 valence electrons. The second kappa shape index (κ2) is 7.36. The Bertz CT molecular complexity index is 1090. The van der Waals surface area contributed by atoms with Crippen molar-refractivity contribution < 1.29 is 13.9 Å². The minimum atomic E-state index is -0.437. The Hall–Kier alpha value is -3.94. The molecule has 0 aliphatic heterocycles. The summed E-state index contributed by atoms with van der Waals surface area (Å²) >= 11 is 0. The highest BCUT2D eigenvalue weighted by atomic mass is 16.6. The molecule has 8 heteroatoms. The smallest absolute Gasteiger partial charge is 0.293 e. The van der Waals surface area contributed by atoms with Gasteiger partial charge in [-0.25, -0.2) is 0 Å². The van der Waals surface area contributed by atoms with Crippen LogP contribution in [-0.4, -0.2) is 15.1 Å². The van der Waals surface area contributed by atoms with Crippen LogP contribution in [-0.2, 0) is 0 Å². The van der Waals surface area contributed by atoms with Crippen LogP contribution in [0.2, 0.25) is 0 Å². The zero-order chi connectivity index (χ0) is 19.5. The molecule has 0 radical (unpaired) electrons. The van der Waals surface area contributed by atoms with E-state index in [9.17, 15) is 10.1 Å². The van der Waals surface area contributed by atoms with Gasteiger partial charge in [-0.15, -0.1) is 0 Å². The third-order valence-electron chi connectivity index (χ3n) is 4.28. The average Bonchev–Trinajstić information content (AvgIpc) is 3.40. The SMILES string of the molecule is C[C@H](Nc1ccc(-c2nc(-c3ccco3)no2)cc1[N+](=O)[O-])c1ccccc1. The maximum Gasteiger partial charge on any atom is 0.293 e. The largest absolute Gasteiger partial charge is 0.461 e. The van der Waals surface area contributed by atoms with Gasteiger partial charge in [0.1, 0.15) is 5.69 Å². The normalized spacial score (nSPS) is 11.9. The zero-order valence-electron chi connectivity index (χ0n) is 14.9. The molecule has 0 saturated heterocycles. The van der Waals surface area contributed by atoms with Crippen LogP contribution >= 0.6 is 0 Å². The van der Waals surface area contributed by atoms with E-state index < -0.39 is 4.92 Å². The number of hydrogen-bond donors (Lipinski definition) is 1. The van der Waals surface area contributed by atoms with Crippen LogP contribution in [0.4, 0.5) is 11.4 Å². The van der Waals surface area contributed by atoms with E-state index >= 15 is 0 Å². The molecule has 2 aromatic carbocycles. The van der Waals surface area contributed by atoms with Crippen molar-refractivity contribution in [2.75, 3.05) is 5.32 Å². The van der Waals surface area contributed by atoms with E-state index in [0.29, 0.717) is 17.0 Å². The van der Waals surface area contributed by atoms with Gasteiger partial charge in [0, 0.05) is 17.7 Å². The summed E-state index contributed by atoms with van der Waals surface area (Å²) in [5.41, 5.74) is 1.82. The highest BCUT2D eigenvalue weighted by Crippen LogP contribution is 2.33. The van der Waals surface area contributed by atoms with Crippen molar-refractivity contribution in [1.29, 1.82) is 0 Å². The summed E-state index contributed by atoms with van der Waals surface area (Å²) in [5.74, 6) is 0.916. The number of nitrogens with one attached hydrogen (secondary N) is 1. The molecule has 0 aliphatic rings. The number of rotatable bonds is 6. The molecule has 4 aromatic rings. The van der Waals surface area contributed by atoms with Crippen molar-refractivity contribution in [2.24, 2.45) is 0 Å². The molecule has 0 fully saturated rings. The molecular weight excluding hydrogens is 360 g/mol. The second-order valence-electron chi connectivity index (χ2n) is 6.17. The van der Waals surface area contributed by atoms with Gasteiger partial charge in [-0.2, -0.15) is 4.98 Å². The predicted octanol–water partition coefficient (Wildman–Crippen LogP) is 5.08. The van der Waals surface area contributed by atoms with Crippen molar-refractivity contribution >= 4 is 11.4 Å². The third kappa shape index (κ3) is 3.48. The number of nitrogens with zero attached hydrogens (tertiary/aromatic N) is 3. The van der Waals surface area contributed by atoms with Gasteiger partial charge in [-0.3, -0.25) is 10.1 Å². The first-order valence-corrected chi connectivity index (χ1v) is 8.59. The number of benzene rings is 2. The molecule has 8 nitrogen and oxygen atoms in total. The molecule has 1 atom stereocenters. The summed E-state index contributed by atoms with van der Waals surface area (Å²) in [7, 11) is 0. The fourth-order valence-corrected chi connectivity index (χ4v) is 2.84. The molecule has 1 N–H and O–H groups in total. The quantitative estimate of drug-likeness (QED) is 0.369. The Morgan fingerprint density at radius 2 is 1.93 bits per heavy atom. The lowest BCUT2D eigenvalue weighted by Crippen LogP contribution is -2.08. The molecule has 4 rings (SSSR count). The van der Waals surface area contributed by atoms with Crippen LogP contribution in [0.15, 0.2) is 75.9 Å². The van der Waals surface area contributed by atoms with E-state index in [1.165, 1.54) is 12.3 Å². The van der Waals surface area contributed by atoms with Gasteiger partial charge in [0.05, 0.1) is 11.2 Å². The van der Waals surface area contributed by atoms with Crippen molar-refractivity contribution in [1.82, 2.24) is 10.1 Å². The Kier molecular flexibility index (Phi) is 4.59. The van der Waals surface area contributed by atoms with Gasteiger partial charge >= 0.3 is 0 Å². The molecule has 2 heterocycles. The highest BCUT2D eigenvalue weighted by Gasteiger charge is 2.20. The van der Waals surface area contributed by atoms with Crippen molar-refractivity contribution in [3.05, 3.63) is 82.6 Å². The fourth-order valence-electron chi connectivity index (χ4n) is 2.84. The van der Waals surface area contributed by atoms with Crippen LogP contribution in [0.3, 0.4) is 0 Å². The Morgan fingerprint density at radius 1 is 1.11 bits per heavy atom. The summed E-state index contributed by atoms with van der Waals surface area (Å²) in [6, 6.07) is 17.8. The lowest BCUT2D eigenvalue weighted by molar-refractivity contribution is -0.383. The first-order valence-electron chi connectivity index (χ1n) is 8.59. The maximum atomic E-state index is 11.6. The standard InChI is InChI=1S/C20H16N4O4/c1-13(14-6-3-2-4-7-14)21-16-10-9-15(12-17(16)24(25)26)20-22-19(23-28-20)18-8-5-11-27-18/h2-13,21H,1H3/t13-/m0/s1. The Balaban J connectivity index is 1.63. The molecular formula is C20H16N4O4. The molecule has 0 spiro atoms. The number of nitro benzene ring substituents is 1. The number of furan rings is 1. The molecule has 0 amide bonds. The van der Waals surface area contributed by atoms with Crippen molar-refractivity contribution in [3.63, 3.8) is 0 Å². The van der Waals surface area contributed by atoms with Crippen LogP contribution in [0, 0.1) is 10.1 Å². The van der Waals surface area contributed by atoms with Crippen LogP contribution in [0.25, 0.3) is 23.0 Å². The Labute approximate surface area is 160 Å². The third-order valence-corrected chi connectivity index (χ3v) is 4.28. The average molecular weight is 376 g/mol. The van der Waals surface area contributed by atoms with E-state index in [2.05, 4.69) is 15.5 Å². The Morgan fingerprint density at radius 3 is 2.64 bits per heavy atom. The predicted molar refractivity (Wildman–Crippen MR) is 103 cm³/mol. The van der Waals surface area contributed by atoms with Crippen LogP contribution in [0.1, 0.15) is 18.5 Å². The van der Waals surface area contributed by atoms with E-state index in [0.717, 1.165) is 5.56 Å². The first-order chi connectivity index (χ1) is 13.6. The number of aromatic nitrogens is 2. The van der Waals surface area contributed by atoms with Gasteiger partial charge in [-0.05, 0) is 36.8 Å². The molecule has 2 aromatic heterocycles. The summed E-state index contributed by atoms with van der Waals surface area (Å²) in [6.07, 6.45) is 1.50. The van der Waals surface area contributed by atoms with Gasteiger partial charge in [0.2, 0.25) is 5.82 Å². The fraction of sp³-hybridized carbons (Fsp3) is 0.100. The topological polar surface area (TPSA) is 107 Å². The maximum absolute atomic E-state index is 11.6. The van der Waals surface area contributed by atoms with Gasteiger partial charge < -0.3 is 14.3 Å². The molecule has 0 saturated carbocycles. The van der Waals surface area contributed by atoms with Crippen molar-refractivity contribution in [2.45, 2.75) is 13.0 Å². The first kappa shape index (κ1) is 17.5. The van der Waals surface area contributed by atoms with E-state index in [-0.39, 0.29) is 23.4 Å². The summed E-state index contributed by atoms with van der Waals surface area (Å²) in [5, 5.41) is 18.6. The van der Waals surface area contributed by atoms with Gasteiger partial charge in [0.25, 0.3) is 11.6 Å². The molecule has 0 aliphatic carbocycles. The minimum absolute atomic E-state index is 0.0713. The van der Waals surface area contributed by atoms with Gasteiger partial charge in [-0.1, -0.05) is 35.5 Å². The lowest BCUT2D eigenvalue weighted by Gasteiger charge is -2.15. The summed E-state index contributed by atoms with van der Waals surface area (Å²) < 4.78 is 10.5. The second-order valence-corrected chi connectivity index (χ2v) is 6.17. The van der Waals surface area contributed by atoms with Crippen LogP contribution < -0.4 is 5.32 Å². The number of anilines is 1. The van der Waals surface area contributed by atoms with Crippen LogP contribution in [0.5, 0.6) is 0 Å². The van der Waals surface area contributed by atoms with Gasteiger partial charge in [0.15, 0.2) is 5.76 Å². The summed E-state index contributed by atoms with van der Waals surface area (Å²) in [6.45, 7) is 1.95. The van der Waals surface area contributed by atoms with E-state index in [1.54, 1.807) is 24.3 Å². The number of hydrogen-bond acceptors (Lipinski definition) is 7. The number of nitro groups is 1.